The molecular weight excluding hydrogens is 214 g/mol. The van der Waals surface area contributed by atoms with Gasteiger partial charge in [-0.2, -0.15) is 0 Å². The van der Waals surface area contributed by atoms with Crippen molar-refractivity contribution in [2.45, 2.75) is 25.7 Å². The minimum absolute atomic E-state index is 0.222. The molecule has 0 radical (unpaired) electrons. The molecule has 2 heterocycles. The van der Waals surface area contributed by atoms with Gasteiger partial charge < -0.3 is 10.6 Å². The summed E-state index contributed by atoms with van der Waals surface area (Å²) in [5, 5.41) is 6.50. The summed E-state index contributed by atoms with van der Waals surface area (Å²) in [6.45, 7) is 6.01. The Morgan fingerprint density at radius 1 is 1.41 bits per heavy atom. The number of hydrogen-bond acceptors (Lipinski definition) is 3. The van der Waals surface area contributed by atoms with Crippen LogP contribution in [0.25, 0.3) is 0 Å². The monoisotopic (exact) mass is 237 g/mol. The van der Waals surface area contributed by atoms with Crippen molar-refractivity contribution >= 4 is 5.91 Å². The molecular formula is C13H23N3O. The largest absolute Gasteiger partial charge is 0.355 e. The zero-order chi connectivity index (χ0) is 11.7. The second-order valence-corrected chi connectivity index (χ2v) is 6.13. The van der Waals surface area contributed by atoms with Crippen LogP contribution in [0.15, 0.2) is 0 Å². The lowest BCUT2D eigenvalue weighted by atomic mass is 9.87. The molecule has 4 nitrogen and oxygen atoms in total. The Morgan fingerprint density at radius 3 is 3.00 bits per heavy atom. The molecule has 0 aromatic carbocycles. The van der Waals surface area contributed by atoms with Gasteiger partial charge in [0, 0.05) is 19.6 Å². The molecule has 1 saturated carbocycles. The Kier molecular flexibility index (Phi) is 3.09. The van der Waals surface area contributed by atoms with E-state index in [1.807, 2.05) is 0 Å². The van der Waals surface area contributed by atoms with E-state index in [1.165, 1.54) is 25.7 Å². The summed E-state index contributed by atoms with van der Waals surface area (Å²) in [5.74, 6) is 1.00. The molecule has 1 unspecified atom stereocenters. The topological polar surface area (TPSA) is 44.4 Å². The third kappa shape index (κ3) is 2.80. The second-order valence-electron chi connectivity index (χ2n) is 6.13. The third-order valence-electron chi connectivity index (χ3n) is 4.50. The molecule has 2 saturated heterocycles. The van der Waals surface area contributed by atoms with E-state index < -0.39 is 0 Å². The fourth-order valence-corrected chi connectivity index (χ4v) is 3.15. The Hall–Kier alpha value is -0.610. The van der Waals surface area contributed by atoms with Crippen molar-refractivity contribution in [3.63, 3.8) is 0 Å². The van der Waals surface area contributed by atoms with Crippen LogP contribution in [0.2, 0.25) is 0 Å². The molecule has 1 aliphatic carbocycles. The van der Waals surface area contributed by atoms with Crippen LogP contribution in [0.4, 0.5) is 0 Å². The molecule has 2 aliphatic heterocycles. The lowest BCUT2D eigenvalue weighted by molar-refractivity contribution is -0.122. The van der Waals surface area contributed by atoms with Gasteiger partial charge in [0.15, 0.2) is 0 Å². The van der Waals surface area contributed by atoms with E-state index in [-0.39, 0.29) is 5.91 Å². The van der Waals surface area contributed by atoms with Gasteiger partial charge in [0.1, 0.15) is 0 Å². The predicted octanol–water partition coefficient (Wildman–Crippen LogP) is 0.198. The van der Waals surface area contributed by atoms with E-state index in [4.69, 9.17) is 0 Å². The van der Waals surface area contributed by atoms with E-state index in [0.29, 0.717) is 12.0 Å². The first-order chi connectivity index (χ1) is 8.26. The van der Waals surface area contributed by atoms with Crippen LogP contribution >= 0.6 is 0 Å². The summed E-state index contributed by atoms with van der Waals surface area (Å²) >= 11 is 0. The van der Waals surface area contributed by atoms with Crippen molar-refractivity contribution in [3.05, 3.63) is 0 Å². The molecule has 3 aliphatic rings. The van der Waals surface area contributed by atoms with Crippen molar-refractivity contribution in [2.75, 3.05) is 39.3 Å². The number of likely N-dealkylation sites (tertiary alicyclic amines) is 1. The van der Waals surface area contributed by atoms with Crippen LogP contribution in [0.1, 0.15) is 25.7 Å². The van der Waals surface area contributed by atoms with Gasteiger partial charge in [-0.15, -0.1) is 0 Å². The lowest BCUT2D eigenvalue weighted by Gasteiger charge is -2.22. The molecule has 1 amide bonds. The third-order valence-corrected chi connectivity index (χ3v) is 4.50. The van der Waals surface area contributed by atoms with Crippen molar-refractivity contribution < 1.29 is 4.79 Å². The summed E-state index contributed by atoms with van der Waals surface area (Å²) in [4.78, 5) is 14.1. The minimum atomic E-state index is 0.222. The normalized spacial score (nSPS) is 33.4. The first-order valence-corrected chi connectivity index (χ1v) is 6.96. The average Bonchev–Trinajstić information content (AvgIpc) is 2.92. The van der Waals surface area contributed by atoms with Crippen molar-refractivity contribution in [2.24, 2.45) is 11.3 Å². The summed E-state index contributed by atoms with van der Waals surface area (Å²) < 4.78 is 0. The van der Waals surface area contributed by atoms with Crippen LogP contribution in [0.5, 0.6) is 0 Å². The fraction of sp³-hybridized carbons (Fsp3) is 0.923. The van der Waals surface area contributed by atoms with Gasteiger partial charge in [0.2, 0.25) is 5.91 Å². The van der Waals surface area contributed by atoms with Crippen molar-refractivity contribution in [3.8, 4) is 0 Å². The smallest absolute Gasteiger partial charge is 0.234 e. The molecule has 1 spiro atoms. The number of amides is 1. The van der Waals surface area contributed by atoms with Crippen LogP contribution in [-0.2, 0) is 4.79 Å². The first-order valence-electron chi connectivity index (χ1n) is 6.96. The number of nitrogens with zero attached hydrogens (tertiary/aromatic N) is 1. The Labute approximate surface area is 103 Å². The minimum Gasteiger partial charge on any atom is -0.355 e. The van der Waals surface area contributed by atoms with E-state index in [2.05, 4.69) is 15.5 Å². The van der Waals surface area contributed by atoms with Gasteiger partial charge in [0.05, 0.1) is 6.54 Å². The molecule has 96 valence electrons. The summed E-state index contributed by atoms with van der Waals surface area (Å²) in [7, 11) is 0. The molecule has 17 heavy (non-hydrogen) atoms. The molecule has 4 heteroatoms. The number of hydrogen-bond donors (Lipinski definition) is 2. The molecule has 3 rings (SSSR count). The van der Waals surface area contributed by atoms with E-state index in [0.717, 1.165) is 38.6 Å². The second kappa shape index (κ2) is 4.58. The van der Waals surface area contributed by atoms with Crippen LogP contribution in [0.3, 0.4) is 0 Å². The summed E-state index contributed by atoms with van der Waals surface area (Å²) in [6, 6.07) is 0. The molecule has 0 aromatic rings. The maximum atomic E-state index is 11.8. The highest BCUT2D eigenvalue weighted by Gasteiger charge is 2.40. The lowest BCUT2D eigenvalue weighted by Crippen LogP contribution is -2.38. The van der Waals surface area contributed by atoms with Gasteiger partial charge in [-0.1, -0.05) is 0 Å². The maximum absolute atomic E-state index is 11.8. The highest BCUT2D eigenvalue weighted by atomic mass is 16.2. The number of carbonyl (C=O) groups excluding carboxylic acids is 1. The quantitative estimate of drug-likeness (QED) is 0.734. The molecule has 1 atom stereocenters. The summed E-state index contributed by atoms with van der Waals surface area (Å²) in [6.07, 6.45) is 5.15. The number of rotatable bonds is 4. The Morgan fingerprint density at radius 2 is 2.29 bits per heavy atom. The molecule has 0 bridgehead atoms. The number of nitrogens with one attached hydrogen (secondary N) is 2. The Bertz CT molecular complexity index is 295. The van der Waals surface area contributed by atoms with Gasteiger partial charge in [-0.25, -0.2) is 0 Å². The fourth-order valence-electron chi connectivity index (χ4n) is 3.15. The van der Waals surface area contributed by atoms with Gasteiger partial charge in [0.25, 0.3) is 0 Å². The van der Waals surface area contributed by atoms with Crippen LogP contribution in [0, 0.1) is 11.3 Å². The highest BCUT2D eigenvalue weighted by Crippen LogP contribution is 2.35. The molecule has 2 N–H and O–H groups in total. The highest BCUT2D eigenvalue weighted by molar-refractivity contribution is 5.78. The summed E-state index contributed by atoms with van der Waals surface area (Å²) in [5.41, 5.74) is 0.483. The average molecular weight is 237 g/mol. The van der Waals surface area contributed by atoms with Crippen LogP contribution < -0.4 is 10.6 Å². The van der Waals surface area contributed by atoms with E-state index >= 15 is 0 Å². The van der Waals surface area contributed by atoms with Gasteiger partial charge >= 0.3 is 0 Å². The Balaban J connectivity index is 1.41. The maximum Gasteiger partial charge on any atom is 0.234 e. The molecule has 3 fully saturated rings. The standard InChI is InChI=1S/C13H23N3O/c17-12(15-7-11-1-2-11)8-16-6-4-13(10-16)3-5-14-9-13/h11,14H,1-10H2,(H,15,17). The van der Waals surface area contributed by atoms with Crippen molar-refractivity contribution in [1.82, 2.24) is 15.5 Å². The van der Waals surface area contributed by atoms with E-state index in [1.54, 1.807) is 0 Å². The first kappa shape index (κ1) is 11.5. The predicted molar refractivity (Wildman–Crippen MR) is 66.7 cm³/mol. The van der Waals surface area contributed by atoms with Gasteiger partial charge in [-0.3, -0.25) is 9.69 Å². The van der Waals surface area contributed by atoms with Crippen molar-refractivity contribution in [1.29, 1.82) is 0 Å². The molecule has 0 aromatic heterocycles. The SMILES string of the molecule is O=C(CN1CCC2(CCNC2)C1)NCC1CC1. The van der Waals surface area contributed by atoms with Gasteiger partial charge in [-0.05, 0) is 50.1 Å². The van der Waals surface area contributed by atoms with Crippen LogP contribution in [-0.4, -0.2) is 50.1 Å². The zero-order valence-corrected chi connectivity index (χ0v) is 10.5. The van der Waals surface area contributed by atoms with E-state index in [9.17, 15) is 4.79 Å². The number of carbonyl (C=O) groups is 1. The zero-order valence-electron chi connectivity index (χ0n) is 10.5.